The molecule has 1 aromatic carbocycles. The third-order valence-electron chi connectivity index (χ3n) is 3.64. The lowest BCUT2D eigenvalue weighted by atomic mass is 10.1. The van der Waals surface area contributed by atoms with Gasteiger partial charge in [-0.3, -0.25) is 14.6 Å². The third kappa shape index (κ3) is 5.10. The van der Waals surface area contributed by atoms with E-state index in [0.29, 0.717) is 16.5 Å². The zero-order valence-electron chi connectivity index (χ0n) is 14.7. The molecule has 1 heterocycles. The normalized spacial score (nSPS) is 11.4. The highest BCUT2D eigenvalue weighted by atomic mass is 35.5. The van der Waals surface area contributed by atoms with Crippen molar-refractivity contribution < 1.29 is 19.1 Å². The molecule has 0 spiro atoms. The van der Waals surface area contributed by atoms with Crippen LogP contribution < -0.4 is 20.1 Å². The maximum atomic E-state index is 12.1. The number of amides is 2. The lowest BCUT2D eigenvalue weighted by molar-refractivity contribution is -0.120. The standard InChI is InChI=1S/C18H20ClN3O4/c1-11(14-9-13(25-2)4-5-16(14)26-3)22-17(23)10-21-18(24)15-8-12(19)6-7-20-15/h4-9,11H,10H2,1-3H3,(H,21,24)(H,22,23)/t11-/m0/s1. The van der Waals surface area contributed by atoms with Crippen molar-refractivity contribution in [1.29, 1.82) is 0 Å². The molecule has 0 aliphatic heterocycles. The van der Waals surface area contributed by atoms with Gasteiger partial charge < -0.3 is 20.1 Å². The monoisotopic (exact) mass is 377 g/mol. The number of aromatic nitrogens is 1. The van der Waals surface area contributed by atoms with E-state index in [1.165, 1.54) is 12.3 Å². The molecule has 0 bridgehead atoms. The van der Waals surface area contributed by atoms with Crippen LogP contribution in [0.25, 0.3) is 0 Å². The smallest absolute Gasteiger partial charge is 0.270 e. The molecule has 0 fully saturated rings. The SMILES string of the molecule is COc1ccc(OC)c([C@H](C)NC(=O)CNC(=O)c2cc(Cl)ccn2)c1. The van der Waals surface area contributed by atoms with Crippen molar-refractivity contribution in [2.75, 3.05) is 20.8 Å². The summed E-state index contributed by atoms with van der Waals surface area (Å²) in [6, 6.07) is 7.98. The number of methoxy groups -OCH3 is 2. The molecule has 2 rings (SSSR count). The summed E-state index contributed by atoms with van der Waals surface area (Å²) in [5.74, 6) is 0.458. The Morgan fingerprint density at radius 1 is 1.19 bits per heavy atom. The number of rotatable bonds is 7. The van der Waals surface area contributed by atoms with Gasteiger partial charge in [0.05, 0.1) is 26.8 Å². The van der Waals surface area contributed by atoms with E-state index in [9.17, 15) is 9.59 Å². The lowest BCUT2D eigenvalue weighted by Crippen LogP contribution is -2.38. The van der Waals surface area contributed by atoms with Gasteiger partial charge in [-0.25, -0.2) is 0 Å². The van der Waals surface area contributed by atoms with Crippen molar-refractivity contribution in [3.05, 3.63) is 52.8 Å². The van der Waals surface area contributed by atoms with Gasteiger partial charge in [-0.1, -0.05) is 11.6 Å². The molecule has 0 saturated heterocycles. The Kier molecular flexibility index (Phi) is 6.80. The van der Waals surface area contributed by atoms with Gasteiger partial charge in [-0.2, -0.15) is 0 Å². The largest absolute Gasteiger partial charge is 0.497 e. The summed E-state index contributed by atoms with van der Waals surface area (Å²) in [5.41, 5.74) is 0.913. The van der Waals surface area contributed by atoms with E-state index >= 15 is 0 Å². The van der Waals surface area contributed by atoms with Gasteiger partial charge in [0.2, 0.25) is 5.91 Å². The van der Waals surface area contributed by atoms with Crippen molar-refractivity contribution in [1.82, 2.24) is 15.6 Å². The molecule has 7 nitrogen and oxygen atoms in total. The summed E-state index contributed by atoms with van der Waals surface area (Å²) in [5, 5.41) is 5.71. The summed E-state index contributed by atoms with van der Waals surface area (Å²) < 4.78 is 10.5. The van der Waals surface area contributed by atoms with Gasteiger partial charge in [-0.05, 0) is 37.3 Å². The first-order valence-electron chi connectivity index (χ1n) is 7.85. The second-order valence-corrected chi connectivity index (χ2v) is 5.88. The van der Waals surface area contributed by atoms with Crippen LogP contribution >= 0.6 is 11.6 Å². The topological polar surface area (TPSA) is 89.5 Å². The first-order chi connectivity index (χ1) is 12.4. The third-order valence-corrected chi connectivity index (χ3v) is 3.88. The number of benzene rings is 1. The average molecular weight is 378 g/mol. The van der Waals surface area contributed by atoms with Crippen LogP contribution in [0.4, 0.5) is 0 Å². The minimum Gasteiger partial charge on any atom is -0.497 e. The average Bonchev–Trinajstić information content (AvgIpc) is 2.65. The molecule has 138 valence electrons. The highest BCUT2D eigenvalue weighted by molar-refractivity contribution is 6.30. The van der Waals surface area contributed by atoms with Gasteiger partial charge in [0.15, 0.2) is 0 Å². The Bertz CT molecular complexity index is 798. The van der Waals surface area contributed by atoms with Crippen LogP contribution in [-0.4, -0.2) is 37.6 Å². The van der Waals surface area contributed by atoms with Gasteiger partial charge in [0.1, 0.15) is 17.2 Å². The Morgan fingerprint density at radius 3 is 2.62 bits per heavy atom. The van der Waals surface area contributed by atoms with Crippen molar-refractivity contribution in [3.63, 3.8) is 0 Å². The molecule has 0 saturated carbocycles. The highest BCUT2D eigenvalue weighted by Crippen LogP contribution is 2.29. The van der Waals surface area contributed by atoms with Gasteiger partial charge in [0, 0.05) is 16.8 Å². The molecule has 26 heavy (non-hydrogen) atoms. The van der Waals surface area contributed by atoms with Crippen LogP contribution in [-0.2, 0) is 4.79 Å². The van der Waals surface area contributed by atoms with Crippen molar-refractivity contribution in [3.8, 4) is 11.5 Å². The zero-order chi connectivity index (χ0) is 19.1. The maximum absolute atomic E-state index is 12.1. The summed E-state index contributed by atoms with van der Waals surface area (Å²) in [7, 11) is 3.12. The second-order valence-electron chi connectivity index (χ2n) is 5.44. The number of carbonyl (C=O) groups is 2. The number of ether oxygens (including phenoxy) is 2. The Balaban J connectivity index is 1.96. The predicted molar refractivity (Wildman–Crippen MR) is 97.7 cm³/mol. The summed E-state index contributed by atoms with van der Waals surface area (Å²) in [6.45, 7) is 1.62. The Hall–Kier alpha value is -2.80. The Morgan fingerprint density at radius 2 is 1.96 bits per heavy atom. The Labute approximate surface area is 156 Å². The summed E-state index contributed by atoms with van der Waals surface area (Å²) in [4.78, 5) is 28.0. The fourth-order valence-electron chi connectivity index (χ4n) is 2.33. The van der Waals surface area contributed by atoms with E-state index in [4.69, 9.17) is 21.1 Å². The zero-order valence-corrected chi connectivity index (χ0v) is 15.5. The molecule has 0 unspecified atom stereocenters. The predicted octanol–water partition coefficient (Wildman–Crippen LogP) is 2.36. The van der Waals surface area contributed by atoms with Gasteiger partial charge in [0.25, 0.3) is 5.91 Å². The number of hydrogen-bond donors (Lipinski definition) is 2. The lowest BCUT2D eigenvalue weighted by Gasteiger charge is -2.18. The number of hydrogen-bond acceptors (Lipinski definition) is 5. The highest BCUT2D eigenvalue weighted by Gasteiger charge is 2.16. The first kappa shape index (κ1) is 19.5. The van der Waals surface area contributed by atoms with Crippen LogP contribution in [0.5, 0.6) is 11.5 Å². The van der Waals surface area contributed by atoms with E-state index in [1.54, 1.807) is 38.5 Å². The van der Waals surface area contributed by atoms with E-state index in [2.05, 4.69) is 15.6 Å². The molecular weight excluding hydrogens is 358 g/mol. The summed E-state index contributed by atoms with van der Waals surface area (Å²) >= 11 is 5.82. The second kappa shape index (κ2) is 9.05. The summed E-state index contributed by atoms with van der Waals surface area (Å²) in [6.07, 6.45) is 1.43. The molecule has 0 radical (unpaired) electrons. The van der Waals surface area contributed by atoms with Crippen molar-refractivity contribution in [2.45, 2.75) is 13.0 Å². The molecule has 2 amide bonds. The molecule has 0 aliphatic carbocycles. The molecular formula is C18H20ClN3O4. The molecule has 2 N–H and O–H groups in total. The van der Waals surface area contributed by atoms with E-state index in [-0.39, 0.29) is 24.2 Å². The molecule has 0 aliphatic rings. The molecule has 1 atom stereocenters. The first-order valence-corrected chi connectivity index (χ1v) is 8.23. The van der Waals surface area contributed by atoms with Crippen molar-refractivity contribution in [2.24, 2.45) is 0 Å². The quantitative estimate of drug-likeness (QED) is 0.773. The number of halogens is 1. The van der Waals surface area contributed by atoms with Gasteiger partial charge >= 0.3 is 0 Å². The fourth-order valence-corrected chi connectivity index (χ4v) is 2.49. The fraction of sp³-hybridized carbons (Fsp3) is 0.278. The van der Waals surface area contributed by atoms with Crippen LogP contribution in [0.2, 0.25) is 5.02 Å². The molecule has 2 aromatic rings. The number of nitrogens with one attached hydrogen (secondary N) is 2. The van der Waals surface area contributed by atoms with E-state index in [1.807, 2.05) is 6.92 Å². The van der Waals surface area contributed by atoms with E-state index < -0.39 is 5.91 Å². The minimum atomic E-state index is -0.478. The maximum Gasteiger partial charge on any atom is 0.270 e. The molecule has 8 heteroatoms. The number of pyridine rings is 1. The van der Waals surface area contributed by atoms with Crippen molar-refractivity contribution >= 4 is 23.4 Å². The van der Waals surface area contributed by atoms with Crippen LogP contribution in [0.1, 0.15) is 29.0 Å². The van der Waals surface area contributed by atoms with Crippen LogP contribution in [0, 0.1) is 0 Å². The number of nitrogens with zero attached hydrogens (tertiary/aromatic N) is 1. The van der Waals surface area contributed by atoms with E-state index in [0.717, 1.165) is 5.56 Å². The number of carbonyl (C=O) groups excluding carboxylic acids is 2. The van der Waals surface area contributed by atoms with Crippen LogP contribution in [0.3, 0.4) is 0 Å². The minimum absolute atomic E-state index is 0.146. The van der Waals surface area contributed by atoms with Gasteiger partial charge in [-0.15, -0.1) is 0 Å². The van der Waals surface area contributed by atoms with Crippen LogP contribution in [0.15, 0.2) is 36.5 Å². The molecule has 1 aromatic heterocycles.